The second kappa shape index (κ2) is 8.92. The van der Waals surface area contributed by atoms with Crippen LogP contribution in [0.15, 0.2) is 78.9 Å². The third-order valence-electron chi connectivity index (χ3n) is 8.34. The molecule has 2 spiro atoms. The van der Waals surface area contributed by atoms with Gasteiger partial charge < -0.3 is 14.5 Å². The summed E-state index contributed by atoms with van der Waals surface area (Å²) in [5.74, 6) is -4.79. The number of anilines is 2. The molecule has 0 bridgehead atoms. The molecule has 4 atom stereocenters. The Labute approximate surface area is 228 Å². The lowest BCUT2D eigenvalue weighted by atomic mass is 9.58. The highest BCUT2D eigenvalue weighted by atomic mass is 19.4. The third kappa shape index (κ3) is 3.19. The Balaban J connectivity index is 1.71. The summed E-state index contributed by atoms with van der Waals surface area (Å²) >= 11 is 0. The van der Waals surface area contributed by atoms with Gasteiger partial charge in [-0.15, -0.1) is 0 Å². The number of hydrogen-bond donors (Lipinski definition) is 1. The average molecular weight is 550 g/mol. The standard InChI is InChI=1S/C30H26F3N3O4/c1-3-40-25(37)23-24(30(31,32)33)34-29(20-14-8-9-15-21(20)35(2)27(29)39)28(23)19-13-7-10-16-22(19)36(26(28)38)17-18-11-5-4-6-12-18/h4-16,23-24,34H,3,17H2,1-2H3/t23-,24-,28+,29+/m1/s1. The van der Waals surface area contributed by atoms with Crippen molar-refractivity contribution in [3.8, 4) is 0 Å². The van der Waals surface area contributed by atoms with E-state index in [1.165, 1.54) is 23.8 Å². The number of alkyl halides is 3. The summed E-state index contributed by atoms with van der Waals surface area (Å²) in [6.07, 6.45) is -4.99. The first kappa shape index (κ1) is 26.1. The molecule has 3 aliphatic rings. The van der Waals surface area contributed by atoms with Crippen LogP contribution in [-0.2, 0) is 36.6 Å². The van der Waals surface area contributed by atoms with E-state index in [1.54, 1.807) is 72.8 Å². The van der Waals surface area contributed by atoms with Crippen molar-refractivity contribution >= 4 is 29.2 Å². The van der Waals surface area contributed by atoms with E-state index in [-0.39, 0.29) is 24.3 Å². The smallest absolute Gasteiger partial charge is 0.404 e. The Morgan fingerprint density at radius 3 is 2.15 bits per heavy atom. The van der Waals surface area contributed by atoms with Crippen molar-refractivity contribution in [1.82, 2.24) is 5.32 Å². The normalized spacial score (nSPS) is 27.0. The predicted molar refractivity (Wildman–Crippen MR) is 140 cm³/mol. The van der Waals surface area contributed by atoms with Crippen LogP contribution in [0.2, 0.25) is 0 Å². The Hall–Kier alpha value is -4.18. The molecule has 1 saturated heterocycles. The van der Waals surface area contributed by atoms with E-state index < -0.39 is 46.9 Å². The van der Waals surface area contributed by atoms with Crippen molar-refractivity contribution in [3.63, 3.8) is 0 Å². The van der Waals surface area contributed by atoms with Crippen molar-refractivity contribution in [3.05, 3.63) is 95.6 Å². The number of rotatable bonds is 4. The fourth-order valence-electron chi connectivity index (χ4n) is 6.88. The lowest BCUT2D eigenvalue weighted by molar-refractivity contribution is -0.179. The van der Waals surface area contributed by atoms with Gasteiger partial charge in [-0.05, 0) is 30.2 Å². The summed E-state index contributed by atoms with van der Waals surface area (Å²) in [6.45, 7) is 1.32. The van der Waals surface area contributed by atoms with Crippen LogP contribution in [0.4, 0.5) is 24.5 Å². The van der Waals surface area contributed by atoms with Crippen LogP contribution >= 0.6 is 0 Å². The van der Waals surface area contributed by atoms with Gasteiger partial charge in [-0.25, -0.2) is 0 Å². The molecular weight excluding hydrogens is 523 g/mol. The summed E-state index contributed by atoms with van der Waals surface area (Å²) in [4.78, 5) is 45.6. The van der Waals surface area contributed by atoms with Gasteiger partial charge in [-0.1, -0.05) is 66.7 Å². The van der Waals surface area contributed by atoms with Crippen molar-refractivity contribution in [2.45, 2.75) is 36.6 Å². The molecule has 0 radical (unpaired) electrons. The van der Waals surface area contributed by atoms with Crippen LogP contribution in [0, 0.1) is 5.92 Å². The maximum Gasteiger partial charge on any atom is 0.404 e. The van der Waals surface area contributed by atoms with E-state index in [0.717, 1.165) is 5.56 Å². The Morgan fingerprint density at radius 2 is 1.50 bits per heavy atom. The second-order valence-electron chi connectivity index (χ2n) is 10.2. The minimum Gasteiger partial charge on any atom is -0.466 e. The number of amides is 2. The molecule has 3 aromatic carbocycles. The number of halogens is 3. The Morgan fingerprint density at radius 1 is 0.900 bits per heavy atom. The first-order valence-corrected chi connectivity index (χ1v) is 12.9. The maximum atomic E-state index is 14.9. The number of carbonyl (C=O) groups is 3. The van der Waals surface area contributed by atoms with Crippen LogP contribution in [-0.4, -0.2) is 43.7 Å². The molecule has 1 fully saturated rings. The van der Waals surface area contributed by atoms with Crippen LogP contribution in [0.3, 0.4) is 0 Å². The zero-order valence-corrected chi connectivity index (χ0v) is 21.7. The molecule has 3 aliphatic heterocycles. The first-order valence-electron chi connectivity index (χ1n) is 12.9. The summed E-state index contributed by atoms with van der Waals surface area (Å²) in [5.41, 5.74) is -2.71. The predicted octanol–water partition coefficient (Wildman–Crippen LogP) is 4.06. The zero-order chi connectivity index (χ0) is 28.4. The van der Waals surface area contributed by atoms with Crippen molar-refractivity contribution < 1.29 is 32.3 Å². The zero-order valence-electron chi connectivity index (χ0n) is 21.7. The summed E-state index contributed by atoms with van der Waals surface area (Å²) in [7, 11) is 1.46. The molecule has 206 valence electrons. The van der Waals surface area contributed by atoms with Crippen molar-refractivity contribution in [1.29, 1.82) is 0 Å². The van der Waals surface area contributed by atoms with Crippen molar-refractivity contribution in [2.75, 3.05) is 23.5 Å². The number of ether oxygens (including phenoxy) is 1. The van der Waals surface area contributed by atoms with E-state index in [0.29, 0.717) is 11.4 Å². The van der Waals surface area contributed by atoms with Gasteiger partial charge >= 0.3 is 12.1 Å². The number of para-hydroxylation sites is 2. The molecule has 0 unspecified atom stereocenters. The fraction of sp³-hybridized carbons (Fsp3) is 0.300. The molecule has 0 saturated carbocycles. The summed E-state index contributed by atoms with van der Waals surface area (Å²) in [5, 5.41) is 2.56. The van der Waals surface area contributed by atoms with E-state index in [9.17, 15) is 27.6 Å². The molecule has 3 aromatic rings. The summed E-state index contributed by atoms with van der Waals surface area (Å²) < 4.78 is 50.0. The second-order valence-corrected chi connectivity index (χ2v) is 10.2. The number of hydrogen-bond acceptors (Lipinski definition) is 5. The molecule has 0 aliphatic carbocycles. The van der Waals surface area contributed by atoms with E-state index >= 15 is 0 Å². The van der Waals surface area contributed by atoms with Gasteiger partial charge in [0.2, 0.25) is 5.91 Å². The Bertz CT molecular complexity index is 1530. The van der Waals surface area contributed by atoms with Crippen LogP contribution in [0.5, 0.6) is 0 Å². The van der Waals surface area contributed by atoms with Gasteiger partial charge in [-0.2, -0.15) is 13.2 Å². The number of likely N-dealkylation sites (N-methyl/N-ethyl adjacent to an activating group) is 1. The van der Waals surface area contributed by atoms with Crippen LogP contribution < -0.4 is 15.1 Å². The lowest BCUT2D eigenvalue weighted by Gasteiger charge is -2.40. The minimum atomic E-state index is -4.99. The van der Waals surface area contributed by atoms with Gasteiger partial charge in [0.25, 0.3) is 5.91 Å². The van der Waals surface area contributed by atoms with Gasteiger partial charge in [0.1, 0.15) is 22.9 Å². The van der Waals surface area contributed by atoms with E-state index in [4.69, 9.17) is 4.74 Å². The van der Waals surface area contributed by atoms with Gasteiger partial charge in [0.05, 0.1) is 13.2 Å². The summed E-state index contributed by atoms with van der Waals surface area (Å²) in [6, 6.07) is 19.4. The molecule has 40 heavy (non-hydrogen) atoms. The van der Waals surface area contributed by atoms with E-state index in [1.807, 2.05) is 6.07 Å². The van der Waals surface area contributed by atoms with Crippen LogP contribution in [0.1, 0.15) is 23.6 Å². The lowest BCUT2D eigenvalue weighted by Crippen LogP contribution is -2.63. The van der Waals surface area contributed by atoms with Gasteiger partial charge in [0, 0.05) is 24.0 Å². The number of nitrogens with one attached hydrogen (secondary N) is 1. The number of benzene rings is 3. The Kier molecular flexibility index (Phi) is 5.81. The third-order valence-corrected chi connectivity index (χ3v) is 8.34. The highest BCUT2D eigenvalue weighted by Gasteiger charge is 2.82. The van der Waals surface area contributed by atoms with E-state index in [2.05, 4.69) is 5.32 Å². The van der Waals surface area contributed by atoms with Gasteiger partial charge in [-0.3, -0.25) is 19.7 Å². The SMILES string of the molecule is CCOC(=O)[C@H]1[C@H](C(F)(F)F)N[C@@]2(C(=O)N(C)c3ccccc32)[C@]12C(=O)N(Cc1ccccc1)c1ccccc12. The first-order chi connectivity index (χ1) is 19.1. The molecule has 10 heteroatoms. The molecule has 1 N–H and O–H groups in total. The number of nitrogens with zero attached hydrogens (tertiary/aromatic N) is 2. The van der Waals surface area contributed by atoms with Crippen molar-refractivity contribution in [2.24, 2.45) is 5.92 Å². The number of fused-ring (bicyclic) bond motifs is 5. The molecule has 7 nitrogen and oxygen atoms in total. The number of carbonyl (C=O) groups excluding carboxylic acids is 3. The highest BCUT2D eigenvalue weighted by molar-refractivity contribution is 6.20. The molecule has 2 amide bonds. The quantitative estimate of drug-likeness (QED) is 0.497. The molecule has 3 heterocycles. The van der Waals surface area contributed by atoms with Crippen LogP contribution in [0.25, 0.3) is 0 Å². The molecule has 6 rings (SSSR count). The molecule has 0 aromatic heterocycles. The largest absolute Gasteiger partial charge is 0.466 e. The fourth-order valence-corrected chi connectivity index (χ4v) is 6.88. The average Bonchev–Trinajstić information content (AvgIpc) is 3.48. The minimum absolute atomic E-state index is 0.0341. The number of esters is 1. The van der Waals surface area contributed by atoms with Gasteiger partial charge in [0.15, 0.2) is 0 Å². The topological polar surface area (TPSA) is 79.0 Å². The monoisotopic (exact) mass is 549 g/mol. The highest BCUT2D eigenvalue weighted by Crippen LogP contribution is 2.65. The molecular formula is C30H26F3N3O4. The maximum absolute atomic E-state index is 14.9.